The molecule has 0 aromatic heterocycles. The SMILES string of the molecule is CN(CCCCO)C1CCCC1CN. The predicted molar refractivity (Wildman–Crippen MR) is 59.1 cm³/mol. The molecule has 0 aliphatic heterocycles. The summed E-state index contributed by atoms with van der Waals surface area (Å²) in [6.45, 7) is 2.25. The number of hydrogen-bond donors (Lipinski definition) is 2. The number of aliphatic hydroxyl groups is 1. The van der Waals surface area contributed by atoms with Crippen LogP contribution in [0.4, 0.5) is 0 Å². The molecule has 3 heteroatoms. The van der Waals surface area contributed by atoms with Gasteiger partial charge in [-0.15, -0.1) is 0 Å². The van der Waals surface area contributed by atoms with Crippen molar-refractivity contribution in [2.45, 2.75) is 38.1 Å². The third-order valence-corrected chi connectivity index (χ3v) is 3.41. The van der Waals surface area contributed by atoms with Crippen molar-refractivity contribution in [3.63, 3.8) is 0 Å². The van der Waals surface area contributed by atoms with Gasteiger partial charge in [0.05, 0.1) is 0 Å². The lowest BCUT2D eigenvalue weighted by molar-refractivity contribution is 0.189. The molecule has 0 amide bonds. The minimum Gasteiger partial charge on any atom is -0.396 e. The van der Waals surface area contributed by atoms with Crippen LogP contribution >= 0.6 is 0 Å². The van der Waals surface area contributed by atoms with E-state index in [4.69, 9.17) is 10.8 Å². The highest BCUT2D eigenvalue weighted by atomic mass is 16.2. The first-order chi connectivity index (χ1) is 6.79. The van der Waals surface area contributed by atoms with Gasteiger partial charge in [0, 0.05) is 12.6 Å². The number of nitrogens with two attached hydrogens (primary N) is 1. The zero-order valence-electron chi connectivity index (χ0n) is 9.28. The summed E-state index contributed by atoms with van der Waals surface area (Å²) in [5.41, 5.74) is 5.75. The number of unbranched alkanes of at least 4 members (excludes halogenated alkanes) is 1. The third-order valence-electron chi connectivity index (χ3n) is 3.41. The Morgan fingerprint density at radius 2 is 2.14 bits per heavy atom. The van der Waals surface area contributed by atoms with Gasteiger partial charge >= 0.3 is 0 Å². The zero-order chi connectivity index (χ0) is 10.4. The van der Waals surface area contributed by atoms with Crippen LogP contribution in [0.1, 0.15) is 32.1 Å². The highest BCUT2D eigenvalue weighted by Crippen LogP contribution is 2.28. The van der Waals surface area contributed by atoms with Gasteiger partial charge in [-0.1, -0.05) is 6.42 Å². The van der Waals surface area contributed by atoms with E-state index < -0.39 is 0 Å². The number of nitrogens with zero attached hydrogens (tertiary/aromatic N) is 1. The van der Waals surface area contributed by atoms with Crippen molar-refractivity contribution in [2.24, 2.45) is 11.7 Å². The van der Waals surface area contributed by atoms with Gasteiger partial charge in [-0.2, -0.15) is 0 Å². The van der Waals surface area contributed by atoms with Crippen molar-refractivity contribution in [1.29, 1.82) is 0 Å². The average Bonchev–Trinajstić information content (AvgIpc) is 2.65. The highest BCUT2D eigenvalue weighted by molar-refractivity contribution is 4.84. The second kappa shape index (κ2) is 6.38. The fourth-order valence-electron chi connectivity index (χ4n) is 2.51. The van der Waals surface area contributed by atoms with Gasteiger partial charge in [0.2, 0.25) is 0 Å². The molecular weight excluding hydrogens is 176 g/mol. The molecule has 0 bridgehead atoms. The van der Waals surface area contributed by atoms with E-state index in [1.807, 2.05) is 0 Å². The van der Waals surface area contributed by atoms with Gasteiger partial charge in [0.15, 0.2) is 0 Å². The molecule has 0 aromatic rings. The van der Waals surface area contributed by atoms with Crippen LogP contribution in [0.5, 0.6) is 0 Å². The molecule has 3 N–H and O–H groups in total. The standard InChI is InChI=1S/C11H24N2O/c1-13(7-2-3-8-14)11-6-4-5-10(11)9-12/h10-11,14H,2-9,12H2,1H3. The molecule has 84 valence electrons. The van der Waals surface area contributed by atoms with Gasteiger partial charge in [-0.25, -0.2) is 0 Å². The Morgan fingerprint density at radius 3 is 2.79 bits per heavy atom. The topological polar surface area (TPSA) is 49.5 Å². The average molecular weight is 200 g/mol. The Hall–Kier alpha value is -0.120. The number of hydrogen-bond acceptors (Lipinski definition) is 3. The van der Waals surface area contributed by atoms with E-state index in [9.17, 15) is 0 Å². The van der Waals surface area contributed by atoms with Crippen LogP contribution in [0.2, 0.25) is 0 Å². The maximum atomic E-state index is 8.70. The molecule has 1 aliphatic carbocycles. The number of aliphatic hydroxyl groups excluding tert-OH is 1. The van der Waals surface area contributed by atoms with Gasteiger partial charge in [0.25, 0.3) is 0 Å². The van der Waals surface area contributed by atoms with Crippen LogP contribution in [0.3, 0.4) is 0 Å². The van der Waals surface area contributed by atoms with Crippen LogP contribution in [0.25, 0.3) is 0 Å². The van der Waals surface area contributed by atoms with Gasteiger partial charge in [-0.05, 0) is 51.7 Å². The quantitative estimate of drug-likeness (QED) is 0.624. The lowest BCUT2D eigenvalue weighted by Gasteiger charge is -2.28. The molecule has 0 heterocycles. The molecule has 0 aromatic carbocycles. The van der Waals surface area contributed by atoms with Gasteiger partial charge in [-0.3, -0.25) is 0 Å². The molecule has 2 unspecified atom stereocenters. The van der Waals surface area contributed by atoms with E-state index in [0.717, 1.165) is 25.9 Å². The molecule has 3 nitrogen and oxygen atoms in total. The maximum absolute atomic E-state index is 8.70. The van der Waals surface area contributed by atoms with Crippen molar-refractivity contribution < 1.29 is 5.11 Å². The van der Waals surface area contributed by atoms with E-state index in [1.165, 1.54) is 19.3 Å². The highest BCUT2D eigenvalue weighted by Gasteiger charge is 2.28. The molecule has 0 radical (unpaired) electrons. The fourth-order valence-corrected chi connectivity index (χ4v) is 2.51. The van der Waals surface area contributed by atoms with E-state index >= 15 is 0 Å². The summed E-state index contributed by atoms with van der Waals surface area (Å²) in [5.74, 6) is 0.703. The smallest absolute Gasteiger partial charge is 0.0431 e. The Labute approximate surface area is 87.3 Å². The molecule has 1 fully saturated rings. The second-order valence-electron chi connectivity index (χ2n) is 4.41. The first-order valence-electron chi connectivity index (χ1n) is 5.80. The van der Waals surface area contributed by atoms with Crippen molar-refractivity contribution >= 4 is 0 Å². The summed E-state index contributed by atoms with van der Waals surface area (Å²) in [4.78, 5) is 2.43. The van der Waals surface area contributed by atoms with Crippen LogP contribution in [-0.2, 0) is 0 Å². The van der Waals surface area contributed by atoms with Crippen LogP contribution in [-0.4, -0.2) is 42.8 Å². The van der Waals surface area contributed by atoms with Crippen LogP contribution in [0.15, 0.2) is 0 Å². The lowest BCUT2D eigenvalue weighted by atomic mass is 10.0. The minimum absolute atomic E-state index is 0.318. The lowest BCUT2D eigenvalue weighted by Crippen LogP contribution is -2.38. The van der Waals surface area contributed by atoms with Crippen molar-refractivity contribution in [1.82, 2.24) is 4.90 Å². The van der Waals surface area contributed by atoms with Crippen LogP contribution in [0, 0.1) is 5.92 Å². The second-order valence-corrected chi connectivity index (χ2v) is 4.41. The Kier molecular flexibility index (Phi) is 5.45. The Morgan fingerprint density at radius 1 is 1.36 bits per heavy atom. The van der Waals surface area contributed by atoms with Crippen molar-refractivity contribution in [2.75, 3.05) is 26.7 Å². The van der Waals surface area contributed by atoms with Crippen LogP contribution < -0.4 is 5.73 Å². The van der Waals surface area contributed by atoms with Crippen molar-refractivity contribution in [3.8, 4) is 0 Å². The molecular formula is C11H24N2O. The summed E-state index contributed by atoms with van der Waals surface area (Å²) in [6, 6.07) is 0.693. The van der Waals surface area contributed by atoms with E-state index in [-0.39, 0.29) is 0 Å². The predicted octanol–water partition coefficient (Wildman–Crippen LogP) is 0.818. The van der Waals surface area contributed by atoms with Gasteiger partial charge < -0.3 is 15.7 Å². The molecule has 14 heavy (non-hydrogen) atoms. The van der Waals surface area contributed by atoms with Crippen molar-refractivity contribution in [3.05, 3.63) is 0 Å². The Bertz CT molecular complexity index is 152. The maximum Gasteiger partial charge on any atom is 0.0431 e. The minimum atomic E-state index is 0.318. The molecule has 1 rings (SSSR count). The number of rotatable bonds is 6. The first-order valence-corrected chi connectivity index (χ1v) is 5.80. The summed E-state index contributed by atoms with van der Waals surface area (Å²) in [7, 11) is 2.19. The van der Waals surface area contributed by atoms with E-state index in [1.54, 1.807) is 0 Å². The summed E-state index contributed by atoms with van der Waals surface area (Å²) in [5, 5.41) is 8.70. The monoisotopic (exact) mass is 200 g/mol. The molecule has 0 spiro atoms. The Balaban J connectivity index is 2.24. The molecule has 1 saturated carbocycles. The largest absolute Gasteiger partial charge is 0.396 e. The van der Waals surface area contributed by atoms with E-state index in [0.29, 0.717) is 18.6 Å². The van der Waals surface area contributed by atoms with E-state index in [2.05, 4.69) is 11.9 Å². The molecule has 0 saturated heterocycles. The normalized spacial score (nSPS) is 27.4. The summed E-state index contributed by atoms with van der Waals surface area (Å²) < 4.78 is 0. The third kappa shape index (κ3) is 3.23. The fraction of sp³-hybridized carbons (Fsp3) is 1.00. The molecule has 2 atom stereocenters. The zero-order valence-corrected chi connectivity index (χ0v) is 9.28. The van der Waals surface area contributed by atoms with Gasteiger partial charge in [0.1, 0.15) is 0 Å². The summed E-state index contributed by atoms with van der Waals surface area (Å²) in [6.07, 6.45) is 5.95. The summed E-state index contributed by atoms with van der Waals surface area (Å²) >= 11 is 0. The first kappa shape index (κ1) is 12.0. The molecule has 1 aliphatic rings.